The van der Waals surface area contributed by atoms with E-state index in [9.17, 15) is 22.0 Å². The summed E-state index contributed by atoms with van der Waals surface area (Å²) in [6.07, 6.45) is 0.902. The van der Waals surface area contributed by atoms with Gasteiger partial charge >= 0.3 is 12.2 Å². The summed E-state index contributed by atoms with van der Waals surface area (Å²) in [5, 5.41) is 3.63. The first-order valence-corrected chi connectivity index (χ1v) is 8.59. The minimum atomic E-state index is -3.65. The topological polar surface area (TPSA) is 86.0 Å². The number of sulfonamides is 1. The number of nitrogens with one attached hydrogen (secondary N) is 1. The predicted molar refractivity (Wildman–Crippen MR) is 82.3 cm³/mol. The summed E-state index contributed by atoms with van der Waals surface area (Å²) in [4.78, 5) is 12.0. The lowest BCUT2D eigenvalue weighted by atomic mass is 10.3. The molecule has 0 atom stereocenters. The van der Waals surface area contributed by atoms with Crippen LogP contribution in [-0.2, 0) is 10.0 Å². The van der Waals surface area contributed by atoms with Crippen LogP contribution in [-0.4, -0.2) is 29.0 Å². The summed E-state index contributed by atoms with van der Waals surface area (Å²) in [5.41, 5.74) is -1.27. The predicted octanol–water partition coefficient (Wildman–Crippen LogP) is 2.42. The van der Waals surface area contributed by atoms with Crippen molar-refractivity contribution in [2.75, 3.05) is 11.0 Å². The van der Waals surface area contributed by atoms with E-state index in [1.165, 1.54) is 13.0 Å². The van der Waals surface area contributed by atoms with Gasteiger partial charge in [-0.2, -0.15) is 13.5 Å². The van der Waals surface area contributed by atoms with Gasteiger partial charge in [-0.25, -0.2) is 17.8 Å². The number of hydrogen-bond acceptors (Lipinski definition) is 4. The zero-order valence-electron chi connectivity index (χ0n) is 11.7. The van der Waals surface area contributed by atoms with Crippen molar-refractivity contribution in [1.29, 1.82) is 0 Å². The molecule has 12 heteroatoms. The fourth-order valence-electron chi connectivity index (χ4n) is 1.84. The van der Waals surface area contributed by atoms with E-state index < -0.39 is 22.3 Å². The number of rotatable bonds is 4. The van der Waals surface area contributed by atoms with Gasteiger partial charge in [0.25, 0.3) is 0 Å². The molecule has 0 unspecified atom stereocenters. The molecule has 0 fully saturated rings. The van der Waals surface area contributed by atoms with Gasteiger partial charge in [0.2, 0.25) is 10.0 Å². The van der Waals surface area contributed by atoms with E-state index in [0.29, 0.717) is 4.68 Å². The molecule has 0 radical (unpaired) electrons. The lowest BCUT2D eigenvalue weighted by molar-refractivity contribution is 0.0640. The first-order chi connectivity index (χ1) is 10.5. The fourth-order valence-corrected chi connectivity index (χ4v) is 2.97. The van der Waals surface area contributed by atoms with Crippen LogP contribution in [0.15, 0.2) is 16.9 Å². The van der Waals surface area contributed by atoms with E-state index in [2.05, 4.69) is 9.82 Å². The second-order valence-electron chi connectivity index (χ2n) is 4.55. The van der Waals surface area contributed by atoms with Gasteiger partial charge in [0, 0.05) is 0 Å². The third-order valence-electron chi connectivity index (χ3n) is 2.74. The van der Waals surface area contributed by atoms with Crippen LogP contribution >= 0.6 is 23.2 Å². The summed E-state index contributed by atoms with van der Waals surface area (Å²) in [6.45, 7) is -1.85. The van der Waals surface area contributed by atoms with Crippen LogP contribution in [0, 0.1) is 6.92 Å². The van der Waals surface area contributed by atoms with Crippen molar-refractivity contribution in [2.45, 2.75) is 13.5 Å². The van der Waals surface area contributed by atoms with Crippen molar-refractivity contribution in [3.05, 3.63) is 38.5 Å². The van der Waals surface area contributed by atoms with Crippen molar-refractivity contribution in [1.82, 2.24) is 14.3 Å². The molecule has 2 rings (SSSR count). The van der Waals surface area contributed by atoms with Gasteiger partial charge in [0.05, 0.1) is 27.7 Å². The smallest absolute Gasteiger partial charge is 0.282 e. The van der Waals surface area contributed by atoms with Crippen LogP contribution in [0.25, 0.3) is 5.69 Å². The second-order valence-corrected chi connectivity index (χ2v) is 7.11. The van der Waals surface area contributed by atoms with E-state index in [-0.39, 0.29) is 31.8 Å². The molecule has 1 N–H and O–H groups in total. The summed E-state index contributed by atoms with van der Waals surface area (Å²) in [7, 11) is -3.65. The van der Waals surface area contributed by atoms with Crippen LogP contribution in [0.5, 0.6) is 0 Å². The molecular weight excluding hydrogens is 377 g/mol. The van der Waals surface area contributed by atoms with E-state index >= 15 is 0 Å². The SMILES string of the molecule is Cc1nn(-c2cc(NS(C)(=O)=O)c(Cl)cc2Cl)c(=O)n1C(F)F. The quantitative estimate of drug-likeness (QED) is 0.873. The van der Waals surface area contributed by atoms with Crippen LogP contribution < -0.4 is 10.4 Å². The fraction of sp³-hybridized carbons (Fsp3) is 0.273. The second kappa shape index (κ2) is 6.10. The molecule has 23 heavy (non-hydrogen) atoms. The Balaban J connectivity index is 2.68. The molecule has 0 aliphatic rings. The van der Waals surface area contributed by atoms with Crippen molar-refractivity contribution in [2.24, 2.45) is 0 Å². The van der Waals surface area contributed by atoms with Gasteiger partial charge in [-0.3, -0.25) is 4.72 Å². The Labute approximate surface area is 139 Å². The molecule has 0 saturated carbocycles. The first-order valence-electron chi connectivity index (χ1n) is 5.95. The molecule has 0 aliphatic carbocycles. The number of nitrogens with zero attached hydrogens (tertiary/aromatic N) is 3. The number of benzene rings is 1. The standard InChI is InChI=1S/C11H10Cl2F2N4O3S/c1-5-16-19(11(20)18(5)10(14)15)9-4-8(17-23(2,21)22)6(12)3-7(9)13/h3-4,10,17H,1-2H3. The molecule has 126 valence electrons. The molecule has 1 aromatic heterocycles. The number of aryl methyl sites for hydroxylation is 1. The van der Waals surface area contributed by atoms with E-state index in [0.717, 1.165) is 12.3 Å². The molecule has 0 bridgehead atoms. The monoisotopic (exact) mass is 386 g/mol. The minimum Gasteiger partial charge on any atom is -0.282 e. The van der Waals surface area contributed by atoms with Crippen molar-refractivity contribution in [3.8, 4) is 5.69 Å². The Morgan fingerprint density at radius 3 is 2.35 bits per heavy atom. The van der Waals surface area contributed by atoms with E-state index in [4.69, 9.17) is 23.2 Å². The molecule has 0 amide bonds. The summed E-state index contributed by atoms with van der Waals surface area (Å²) in [6, 6.07) is 2.31. The maximum atomic E-state index is 12.8. The van der Waals surface area contributed by atoms with E-state index in [1.54, 1.807) is 0 Å². The van der Waals surface area contributed by atoms with Gasteiger partial charge in [0.1, 0.15) is 5.82 Å². The highest BCUT2D eigenvalue weighted by atomic mass is 35.5. The van der Waals surface area contributed by atoms with E-state index in [1.807, 2.05) is 0 Å². The molecule has 1 aromatic carbocycles. The zero-order chi connectivity index (χ0) is 17.5. The van der Waals surface area contributed by atoms with Crippen LogP contribution in [0.4, 0.5) is 14.5 Å². The maximum Gasteiger partial charge on any atom is 0.355 e. The average Bonchev–Trinajstić information content (AvgIpc) is 2.66. The van der Waals surface area contributed by atoms with Gasteiger partial charge in [0.15, 0.2) is 0 Å². The van der Waals surface area contributed by atoms with Crippen molar-refractivity contribution in [3.63, 3.8) is 0 Å². The minimum absolute atomic E-state index is 0.0257. The van der Waals surface area contributed by atoms with Gasteiger partial charge in [-0.1, -0.05) is 23.2 Å². The molecule has 0 aliphatic heterocycles. The van der Waals surface area contributed by atoms with Crippen molar-refractivity contribution >= 4 is 38.9 Å². The number of halogens is 4. The largest absolute Gasteiger partial charge is 0.355 e. The highest BCUT2D eigenvalue weighted by Crippen LogP contribution is 2.31. The Bertz CT molecular complexity index is 924. The van der Waals surface area contributed by atoms with Gasteiger partial charge in [-0.05, 0) is 19.1 Å². The molecule has 7 nitrogen and oxygen atoms in total. The van der Waals surface area contributed by atoms with Crippen LogP contribution in [0.1, 0.15) is 12.4 Å². The highest BCUT2D eigenvalue weighted by molar-refractivity contribution is 7.92. The molecular formula is C11H10Cl2F2N4O3S. The third kappa shape index (κ3) is 3.65. The normalized spacial score (nSPS) is 12.0. The summed E-state index contributed by atoms with van der Waals surface area (Å²) in [5.74, 6) is -0.228. The molecule has 0 saturated heterocycles. The number of hydrogen-bond donors (Lipinski definition) is 1. The van der Waals surface area contributed by atoms with Gasteiger partial charge in [-0.15, -0.1) is 5.10 Å². The van der Waals surface area contributed by atoms with Crippen LogP contribution in [0.3, 0.4) is 0 Å². The van der Waals surface area contributed by atoms with Crippen molar-refractivity contribution < 1.29 is 17.2 Å². The average molecular weight is 387 g/mol. The highest BCUT2D eigenvalue weighted by Gasteiger charge is 2.21. The summed E-state index contributed by atoms with van der Waals surface area (Å²) >= 11 is 11.8. The number of alkyl halides is 2. The number of anilines is 1. The Morgan fingerprint density at radius 2 is 1.87 bits per heavy atom. The molecule has 2 aromatic rings. The summed E-state index contributed by atoms with van der Waals surface area (Å²) < 4.78 is 51.3. The lowest BCUT2D eigenvalue weighted by Gasteiger charge is -2.10. The number of aromatic nitrogens is 3. The molecule has 0 spiro atoms. The zero-order valence-corrected chi connectivity index (χ0v) is 14.0. The van der Waals surface area contributed by atoms with Gasteiger partial charge < -0.3 is 0 Å². The Hall–Kier alpha value is -1.65. The molecule has 1 heterocycles. The lowest BCUT2D eigenvalue weighted by Crippen LogP contribution is -2.25. The first kappa shape index (κ1) is 17.7. The Kier molecular flexibility index (Phi) is 4.69. The maximum absolute atomic E-state index is 12.8. The van der Waals surface area contributed by atoms with Crippen LogP contribution in [0.2, 0.25) is 10.0 Å². The third-order valence-corrected chi connectivity index (χ3v) is 3.94. The Morgan fingerprint density at radius 1 is 1.26 bits per heavy atom.